The Morgan fingerprint density at radius 1 is 0.900 bits per heavy atom. The number of aliphatic hydroxyl groups excluding tert-OH is 1. The minimum absolute atomic E-state index is 0.0314. The summed E-state index contributed by atoms with van der Waals surface area (Å²) in [6.45, 7) is 2.42. The fourth-order valence-electron chi connectivity index (χ4n) is 2.14. The Morgan fingerprint density at radius 3 is 2.20 bits per heavy atom. The molecule has 1 rings (SSSR count). The summed E-state index contributed by atoms with van der Waals surface area (Å²) in [5.41, 5.74) is 1.34. The first-order valence-corrected chi connectivity index (χ1v) is 7.86. The standard InChI is InChI=1S/C17H28O3/c1-2-3-4-5-6-7-8-9-16-10-12-17(13-11-16)20-19-15-14-18/h10-13,18H,2-9,14-15H2,1H3. The smallest absolute Gasteiger partial charge is 0.165 e. The van der Waals surface area contributed by atoms with Gasteiger partial charge < -0.3 is 9.99 Å². The van der Waals surface area contributed by atoms with Gasteiger partial charge in [-0.05, 0) is 30.5 Å². The van der Waals surface area contributed by atoms with Crippen LogP contribution in [0.15, 0.2) is 24.3 Å². The van der Waals surface area contributed by atoms with E-state index in [4.69, 9.17) is 14.9 Å². The van der Waals surface area contributed by atoms with Crippen molar-refractivity contribution in [2.75, 3.05) is 13.2 Å². The van der Waals surface area contributed by atoms with E-state index in [9.17, 15) is 0 Å². The van der Waals surface area contributed by atoms with Crippen molar-refractivity contribution in [3.05, 3.63) is 29.8 Å². The molecule has 114 valence electrons. The molecular formula is C17H28O3. The SMILES string of the molecule is CCCCCCCCCc1ccc(OOCCO)cc1. The second-order valence-electron chi connectivity index (χ2n) is 5.14. The van der Waals surface area contributed by atoms with E-state index >= 15 is 0 Å². The van der Waals surface area contributed by atoms with Gasteiger partial charge >= 0.3 is 0 Å². The average Bonchev–Trinajstić information content (AvgIpc) is 2.48. The first-order chi connectivity index (χ1) is 9.86. The molecule has 0 saturated heterocycles. The lowest BCUT2D eigenvalue weighted by Crippen LogP contribution is -2.02. The van der Waals surface area contributed by atoms with E-state index in [-0.39, 0.29) is 13.2 Å². The molecule has 3 heteroatoms. The first kappa shape index (κ1) is 17.0. The van der Waals surface area contributed by atoms with Crippen LogP contribution in [0.2, 0.25) is 0 Å². The molecule has 0 radical (unpaired) electrons. The van der Waals surface area contributed by atoms with Crippen molar-refractivity contribution in [1.29, 1.82) is 0 Å². The third kappa shape index (κ3) is 8.18. The molecular weight excluding hydrogens is 252 g/mol. The summed E-state index contributed by atoms with van der Waals surface area (Å²) in [7, 11) is 0. The third-order valence-corrected chi connectivity index (χ3v) is 3.32. The van der Waals surface area contributed by atoms with Crippen LogP contribution in [-0.2, 0) is 11.3 Å². The summed E-state index contributed by atoms with van der Waals surface area (Å²) in [4.78, 5) is 9.83. The van der Waals surface area contributed by atoms with E-state index in [1.807, 2.05) is 12.1 Å². The molecule has 3 nitrogen and oxygen atoms in total. The van der Waals surface area contributed by atoms with Crippen LogP contribution >= 0.6 is 0 Å². The van der Waals surface area contributed by atoms with Crippen molar-refractivity contribution in [3.63, 3.8) is 0 Å². The molecule has 0 spiro atoms. The number of aryl methyl sites for hydroxylation is 1. The van der Waals surface area contributed by atoms with Gasteiger partial charge in [-0.2, -0.15) is 4.89 Å². The number of aliphatic hydroxyl groups is 1. The third-order valence-electron chi connectivity index (χ3n) is 3.32. The maximum atomic E-state index is 8.57. The van der Waals surface area contributed by atoms with Gasteiger partial charge in [0.25, 0.3) is 0 Å². The van der Waals surface area contributed by atoms with Crippen molar-refractivity contribution < 1.29 is 14.9 Å². The molecule has 0 bridgehead atoms. The van der Waals surface area contributed by atoms with Crippen molar-refractivity contribution in [2.45, 2.75) is 58.3 Å². The Labute approximate surface area is 122 Å². The highest BCUT2D eigenvalue weighted by Gasteiger charge is 1.97. The highest BCUT2D eigenvalue weighted by atomic mass is 17.2. The lowest BCUT2D eigenvalue weighted by molar-refractivity contribution is -0.212. The van der Waals surface area contributed by atoms with Crippen molar-refractivity contribution in [2.24, 2.45) is 0 Å². The predicted molar refractivity (Wildman–Crippen MR) is 81.8 cm³/mol. The Hall–Kier alpha value is -1.06. The van der Waals surface area contributed by atoms with Crippen LogP contribution in [0.3, 0.4) is 0 Å². The molecule has 1 aromatic carbocycles. The van der Waals surface area contributed by atoms with Crippen molar-refractivity contribution in [1.82, 2.24) is 0 Å². The van der Waals surface area contributed by atoms with Crippen LogP contribution in [0.4, 0.5) is 0 Å². The normalized spacial score (nSPS) is 10.7. The zero-order valence-corrected chi connectivity index (χ0v) is 12.6. The molecule has 0 amide bonds. The van der Waals surface area contributed by atoms with E-state index in [2.05, 4.69) is 19.1 Å². The second kappa shape index (κ2) is 11.7. The largest absolute Gasteiger partial charge is 0.394 e. The van der Waals surface area contributed by atoms with Gasteiger partial charge in [-0.15, -0.1) is 0 Å². The fourth-order valence-corrected chi connectivity index (χ4v) is 2.14. The lowest BCUT2D eigenvalue weighted by Gasteiger charge is -2.05. The quantitative estimate of drug-likeness (QED) is 0.353. The molecule has 0 saturated carbocycles. The molecule has 1 N–H and O–H groups in total. The Morgan fingerprint density at radius 2 is 1.55 bits per heavy atom. The fraction of sp³-hybridized carbons (Fsp3) is 0.647. The first-order valence-electron chi connectivity index (χ1n) is 7.86. The molecule has 0 heterocycles. The molecule has 0 aliphatic heterocycles. The monoisotopic (exact) mass is 280 g/mol. The highest BCUT2D eigenvalue weighted by Crippen LogP contribution is 2.15. The van der Waals surface area contributed by atoms with E-state index in [0.29, 0.717) is 5.75 Å². The molecule has 0 atom stereocenters. The zero-order valence-electron chi connectivity index (χ0n) is 12.6. The molecule has 0 unspecified atom stereocenters. The number of rotatable bonds is 12. The maximum absolute atomic E-state index is 8.57. The van der Waals surface area contributed by atoms with E-state index in [1.54, 1.807) is 0 Å². The molecule has 20 heavy (non-hydrogen) atoms. The molecule has 0 aliphatic carbocycles. The topological polar surface area (TPSA) is 38.7 Å². The minimum Gasteiger partial charge on any atom is -0.394 e. The van der Waals surface area contributed by atoms with Crippen LogP contribution < -0.4 is 4.89 Å². The van der Waals surface area contributed by atoms with Gasteiger partial charge in [-0.3, -0.25) is 0 Å². The van der Waals surface area contributed by atoms with Crippen molar-refractivity contribution >= 4 is 0 Å². The van der Waals surface area contributed by atoms with Gasteiger partial charge in [-0.1, -0.05) is 57.6 Å². The van der Waals surface area contributed by atoms with Gasteiger partial charge in [0, 0.05) is 0 Å². The Balaban J connectivity index is 2.08. The van der Waals surface area contributed by atoms with Crippen LogP contribution in [0.5, 0.6) is 5.75 Å². The Kier molecular flexibility index (Phi) is 9.98. The van der Waals surface area contributed by atoms with Crippen LogP contribution in [0, 0.1) is 0 Å². The van der Waals surface area contributed by atoms with Crippen molar-refractivity contribution in [3.8, 4) is 5.75 Å². The van der Waals surface area contributed by atoms with E-state index in [0.717, 1.165) is 6.42 Å². The molecule has 0 aromatic heterocycles. The molecule has 0 fully saturated rings. The van der Waals surface area contributed by atoms with Crippen LogP contribution in [0.25, 0.3) is 0 Å². The predicted octanol–water partition coefficient (Wildman–Crippen LogP) is 4.28. The Bertz CT molecular complexity index is 322. The maximum Gasteiger partial charge on any atom is 0.165 e. The zero-order chi connectivity index (χ0) is 14.5. The summed E-state index contributed by atoms with van der Waals surface area (Å²) in [5.74, 6) is 0.682. The number of benzene rings is 1. The van der Waals surface area contributed by atoms with Crippen LogP contribution in [-0.4, -0.2) is 18.3 Å². The van der Waals surface area contributed by atoms with Gasteiger partial charge in [0.2, 0.25) is 0 Å². The van der Waals surface area contributed by atoms with E-state index < -0.39 is 0 Å². The molecule has 1 aromatic rings. The van der Waals surface area contributed by atoms with Gasteiger partial charge in [-0.25, -0.2) is 0 Å². The van der Waals surface area contributed by atoms with Gasteiger partial charge in [0.1, 0.15) is 6.61 Å². The number of hydrogen-bond acceptors (Lipinski definition) is 3. The van der Waals surface area contributed by atoms with Gasteiger partial charge in [0.15, 0.2) is 5.75 Å². The minimum atomic E-state index is -0.0314. The summed E-state index contributed by atoms with van der Waals surface area (Å²) >= 11 is 0. The lowest BCUT2D eigenvalue weighted by atomic mass is 10.0. The second-order valence-corrected chi connectivity index (χ2v) is 5.14. The molecule has 0 aliphatic rings. The number of unbranched alkanes of at least 4 members (excludes halogenated alkanes) is 6. The summed E-state index contributed by atoms with van der Waals surface area (Å²) in [6.07, 6.45) is 10.5. The highest BCUT2D eigenvalue weighted by molar-refractivity contribution is 5.26. The number of hydrogen-bond donors (Lipinski definition) is 1. The summed E-state index contributed by atoms with van der Waals surface area (Å²) in [6, 6.07) is 7.98. The van der Waals surface area contributed by atoms with E-state index in [1.165, 1.54) is 50.5 Å². The van der Waals surface area contributed by atoms with Gasteiger partial charge in [0.05, 0.1) is 6.61 Å². The van der Waals surface area contributed by atoms with Crippen LogP contribution in [0.1, 0.15) is 57.4 Å². The average molecular weight is 280 g/mol. The summed E-state index contributed by atoms with van der Waals surface area (Å²) in [5, 5.41) is 8.57. The summed E-state index contributed by atoms with van der Waals surface area (Å²) < 4.78 is 0.